The monoisotopic (exact) mass is 360 g/mol. The lowest BCUT2D eigenvalue weighted by molar-refractivity contribution is -0.183. The van der Waals surface area contributed by atoms with Crippen LogP contribution in [-0.2, 0) is 23.9 Å². The molecule has 4 saturated carbocycles. The smallest absolute Gasteiger partial charge is 0.303 e. The predicted octanol–water partition coefficient (Wildman–Crippen LogP) is 2.89. The van der Waals surface area contributed by atoms with Crippen molar-refractivity contribution in [2.24, 2.45) is 34.5 Å². The molecule has 0 N–H and O–H groups in total. The number of hydrogen-bond acceptors (Lipinski definition) is 5. The highest BCUT2D eigenvalue weighted by atomic mass is 16.5. The average molecular weight is 360 g/mol. The fourth-order valence-electron chi connectivity index (χ4n) is 7.01. The van der Waals surface area contributed by atoms with Gasteiger partial charge in [0.15, 0.2) is 11.9 Å². The normalized spacial score (nSPS) is 47.8. The fraction of sp³-hybridized carbons (Fsp3) is 0.810. The van der Waals surface area contributed by atoms with Crippen molar-refractivity contribution in [3.63, 3.8) is 0 Å². The minimum Gasteiger partial charge on any atom is -0.454 e. The van der Waals surface area contributed by atoms with E-state index in [1.165, 1.54) is 6.92 Å². The predicted molar refractivity (Wildman–Crippen MR) is 93.1 cm³/mol. The van der Waals surface area contributed by atoms with E-state index in [9.17, 15) is 19.2 Å². The van der Waals surface area contributed by atoms with Gasteiger partial charge >= 0.3 is 5.97 Å². The largest absolute Gasteiger partial charge is 0.454 e. The first-order valence-corrected chi connectivity index (χ1v) is 9.94. The number of fused-ring (bicyclic) bond motifs is 5. The van der Waals surface area contributed by atoms with Gasteiger partial charge in [0.25, 0.3) is 0 Å². The second-order valence-electron chi connectivity index (χ2n) is 9.45. The van der Waals surface area contributed by atoms with E-state index in [-0.39, 0.29) is 34.2 Å². The van der Waals surface area contributed by atoms with Gasteiger partial charge in [0.05, 0.1) is 5.92 Å². The third-order valence-corrected chi connectivity index (χ3v) is 8.31. The lowest BCUT2D eigenvalue weighted by Gasteiger charge is -2.59. The van der Waals surface area contributed by atoms with Crippen LogP contribution in [0, 0.1) is 34.5 Å². The molecule has 26 heavy (non-hydrogen) atoms. The fourth-order valence-corrected chi connectivity index (χ4v) is 7.01. The molecule has 0 aliphatic heterocycles. The van der Waals surface area contributed by atoms with Gasteiger partial charge in [-0.2, -0.15) is 0 Å². The third-order valence-electron chi connectivity index (χ3n) is 8.31. The molecule has 4 rings (SSSR count). The van der Waals surface area contributed by atoms with Crippen LogP contribution in [0.3, 0.4) is 0 Å². The van der Waals surface area contributed by atoms with E-state index < -0.39 is 18.0 Å². The molecule has 4 fully saturated rings. The second-order valence-corrected chi connectivity index (χ2v) is 9.45. The number of Topliss-reactive ketones (excluding diaryl/α,β-unsaturated/α-hetero) is 3. The van der Waals surface area contributed by atoms with E-state index in [4.69, 9.17) is 4.74 Å². The van der Waals surface area contributed by atoms with Gasteiger partial charge in [-0.1, -0.05) is 13.8 Å². The number of rotatable bonds is 1. The number of ketones is 3. The van der Waals surface area contributed by atoms with Crippen molar-refractivity contribution in [3.05, 3.63) is 0 Å². The molecule has 4 aliphatic carbocycles. The number of carbonyl (C=O) groups is 4. The molecule has 0 amide bonds. The molecule has 4 aliphatic rings. The molecular formula is C21H28O5. The summed E-state index contributed by atoms with van der Waals surface area (Å²) in [5.41, 5.74) is -0.592. The van der Waals surface area contributed by atoms with Crippen molar-refractivity contribution in [2.45, 2.75) is 71.8 Å². The lowest BCUT2D eigenvalue weighted by Crippen LogP contribution is -2.61. The first-order chi connectivity index (χ1) is 12.2. The molecule has 0 aromatic carbocycles. The van der Waals surface area contributed by atoms with Crippen LogP contribution in [0.1, 0.15) is 65.7 Å². The summed E-state index contributed by atoms with van der Waals surface area (Å²) in [5, 5.41) is 0. The summed E-state index contributed by atoms with van der Waals surface area (Å²) in [5.74, 6) is 0.0938. The second kappa shape index (κ2) is 5.74. The average Bonchev–Trinajstić information content (AvgIpc) is 2.86. The van der Waals surface area contributed by atoms with Crippen molar-refractivity contribution in [3.8, 4) is 0 Å². The Morgan fingerprint density at radius 2 is 1.73 bits per heavy atom. The van der Waals surface area contributed by atoms with Crippen LogP contribution in [-0.4, -0.2) is 29.4 Å². The van der Waals surface area contributed by atoms with Crippen LogP contribution in [0.25, 0.3) is 0 Å². The quantitative estimate of drug-likeness (QED) is 0.672. The molecule has 5 heteroatoms. The van der Waals surface area contributed by atoms with Gasteiger partial charge in [-0.3, -0.25) is 19.2 Å². The molecule has 0 heterocycles. The molecular weight excluding hydrogens is 332 g/mol. The van der Waals surface area contributed by atoms with E-state index in [1.54, 1.807) is 0 Å². The summed E-state index contributed by atoms with van der Waals surface area (Å²) in [7, 11) is 0. The Bertz CT molecular complexity index is 697. The molecule has 0 aromatic heterocycles. The Morgan fingerprint density at radius 1 is 1.00 bits per heavy atom. The van der Waals surface area contributed by atoms with Gasteiger partial charge in [-0.15, -0.1) is 0 Å². The van der Waals surface area contributed by atoms with Crippen LogP contribution in [0.5, 0.6) is 0 Å². The summed E-state index contributed by atoms with van der Waals surface area (Å²) < 4.78 is 5.35. The molecule has 5 nitrogen and oxygen atoms in total. The van der Waals surface area contributed by atoms with Gasteiger partial charge in [-0.25, -0.2) is 0 Å². The van der Waals surface area contributed by atoms with E-state index >= 15 is 0 Å². The van der Waals surface area contributed by atoms with Crippen molar-refractivity contribution in [1.29, 1.82) is 0 Å². The Kier molecular flexibility index (Phi) is 3.94. The molecule has 7 atom stereocenters. The highest BCUT2D eigenvalue weighted by Crippen LogP contribution is 2.64. The first-order valence-electron chi connectivity index (χ1n) is 9.94. The highest BCUT2D eigenvalue weighted by Gasteiger charge is 2.64. The van der Waals surface area contributed by atoms with Gasteiger partial charge in [0, 0.05) is 31.6 Å². The molecule has 1 unspecified atom stereocenters. The summed E-state index contributed by atoms with van der Waals surface area (Å²) in [6, 6.07) is 0. The summed E-state index contributed by atoms with van der Waals surface area (Å²) >= 11 is 0. The van der Waals surface area contributed by atoms with Crippen LogP contribution < -0.4 is 0 Å². The SMILES string of the molecule is CC(=O)OC1C(=O)CC[C@@]2(C)[C@H]1C(=O)C[C@@H]1[C@@H]2CC[C@]2(C)C(=O)CC[C@@H]12. The van der Waals surface area contributed by atoms with E-state index in [2.05, 4.69) is 13.8 Å². The van der Waals surface area contributed by atoms with Crippen LogP contribution >= 0.6 is 0 Å². The Labute approximate surface area is 154 Å². The van der Waals surface area contributed by atoms with Crippen molar-refractivity contribution in [2.75, 3.05) is 0 Å². The maximum atomic E-state index is 13.2. The third kappa shape index (κ3) is 2.28. The van der Waals surface area contributed by atoms with Crippen molar-refractivity contribution in [1.82, 2.24) is 0 Å². The number of esters is 1. The highest BCUT2D eigenvalue weighted by molar-refractivity contribution is 5.95. The Hall–Kier alpha value is -1.52. The van der Waals surface area contributed by atoms with Gasteiger partial charge in [-0.05, 0) is 48.9 Å². The summed E-state index contributed by atoms with van der Waals surface area (Å²) in [4.78, 5) is 49.6. The van der Waals surface area contributed by atoms with Gasteiger partial charge < -0.3 is 4.74 Å². The van der Waals surface area contributed by atoms with E-state index in [0.717, 1.165) is 19.3 Å². The minimum absolute atomic E-state index is 0.0525. The first kappa shape index (κ1) is 17.9. The zero-order chi connectivity index (χ0) is 18.9. The number of ether oxygens (including phenoxy) is 1. The topological polar surface area (TPSA) is 77.5 Å². The van der Waals surface area contributed by atoms with E-state index in [0.29, 0.717) is 37.4 Å². The molecule has 0 radical (unpaired) electrons. The Balaban J connectivity index is 1.71. The number of hydrogen-bond donors (Lipinski definition) is 0. The zero-order valence-electron chi connectivity index (χ0n) is 15.9. The van der Waals surface area contributed by atoms with Gasteiger partial charge in [0.2, 0.25) is 0 Å². The molecule has 0 saturated heterocycles. The molecule has 0 bridgehead atoms. The lowest BCUT2D eigenvalue weighted by atomic mass is 9.44. The van der Waals surface area contributed by atoms with Crippen LogP contribution in [0.15, 0.2) is 0 Å². The summed E-state index contributed by atoms with van der Waals surface area (Å²) in [6.07, 6.45) is 3.86. The number of carbonyl (C=O) groups excluding carboxylic acids is 4. The van der Waals surface area contributed by atoms with E-state index in [1.807, 2.05) is 0 Å². The molecule has 0 spiro atoms. The van der Waals surface area contributed by atoms with Gasteiger partial charge in [0.1, 0.15) is 11.6 Å². The standard InChI is InChI=1S/C21H28O5/c1-11(22)26-19-15(23)7-9-21(3)14-6-8-20(2)13(4-5-17(20)25)12(14)10-16(24)18(19)21/h12-14,18-19H,4-10H2,1-3H3/t12-,13-,14-,18-,19?,20-,21+/m0/s1. The zero-order valence-corrected chi connectivity index (χ0v) is 15.9. The van der Waals surface area contributed by atoms with Crippen LogP contribution in [0.4, 0.5) is 0 Å². The molecule has 142 valence electrons. The van der Waals surface area contributed by atoms with Crippen molar-refractivity contribution < 1.29 is 23.9 Å². The summed E-state index contributed by atoms with van der Waals surface area (Å²) in [6.45, 7) is 5.51. The van der Waals surface area contributed by atoms with Crippen molar-refractivity contribution >= 4 is 23.3 Å². The Morgan fingerprint density at radius 3 is 2.42 bits per heavy atom. The minimum atomic E-state index is -0.918. The maximum absolute atomic E-state index is 13.2. The molecule has 0 aromatic rings. The maximum Gasteiger partial charge on any atom is 0.303 e. The van der Waals surface area contributed by atoms with Crippen LogP contribution in [0.2, 0.25) is 0 Å².